The van der Waals surface area contributed by atoms with Crippen LogP contribution in [-0.2, 0) is 0 Å². The largest absolute Gasteiger partial charge is 0.400 e. The van der Waals surface area contributed by atoms with E-state index in [1.54, 1.807) is 0 Å². The van der Waals surface area contributed by atoms with Gasteiger partial charge in [0, 0.05) is 0 Å². The van der Waals surface area contributed by atoms with Crippen LogP contribution in [0.1, 0.15) is 0 Å². The van der Waals surface area contributed by atoms with E-state index in [1.165, 1.54) is 0 Å². The minimum atomic E-state index is -7.80. The lowest BCUT2D eigenvalue weighted by Gasteiger charge is -2.38. The molecule has 0 heterocycles. The normalized spacial score (nSPS) is 15.2. The third-order valence-electron chi connectivity index (χ3n) is 2.25. The van der Waals surface area contributed by atoms with Gasteiger partial charge in [-0.2, -0.15) is 63.2 Å². The second-order valence-corrected chi connectivity index (χ2v) is 3.67. The second kappa shape index (κ2) is 4.82. The van der Waals surface area contributed by atoms with Gasteiger partial charge in [-0.25, -0.2) is 0 Å². The van der Waals surface area contributed by atoms with Crippen molar-refractivity contribution in [2.75, 3.05) is 0 Å². The number of alkyl halides is 12. The molecule has 14 heteroatoms. The molecule has 0 saturated heterocycles. The molecule has 0 bridgehead atoms. The average Bonchev–Trinajstić information content (AvgIpc) is 2.37. The number of rotatable bonds is 5. The summed E-state index contributed by atoms with van der Waals surface area (Å²) in [6, 6.07) is -1.66. The Hall–Kier alpha value is -1.86. The highest BCUT2D eigenvalue weighted by atomic mass is 19.4. The highest BCUT2D eigenvalue weighted by molar-refractivity contribution is 5.19. The van der Waals surface area contributed by atoms with E-state index in [1.807, 2.05) is 0 Å². The molecule has 0 radical (unpaired) electrons. The molecule has 0 aliphatic rings. The molecule has 0 aromatic rings. The molecule has 0 aliphatic carbocycles. The van der Waals surface area contributed by atoms with Gasteiger partial charge in [-0.1, -0.05) is 0 Å². The van der Waals surface area contributed by atoms with Gasteiger partial charge in [0.25, 0.3) is 0 Å². The van der Waals surface area contributed by atoms with Crippen molar-refractivity contribution in [1.82, 2.24) is 0 Å². The predicted octanol–water partition coefficient (Wildman–Crippen LogP) is 3.85. The van der Waals surface area contributed by atoms with Crippen molar-refractivity contribution >= 4 is 0 Å². The Morgan fingerprint density at radius 1 is 0.409 bits per heavy atom. The smallest absolute Gasteiger partial charge is 0.192 e. The molecular weight excluding hydrogens is 352 g/mol. The molecule has 0 rings (SSSR count). The van der Waals surface area contributed by atoms with E-state index in [4.69, 9.17) is 10.5 Å². The van der Waals surface area contributed by atoms with E-state index in [9.17, 15) is 52.7 Å². The Labute approximate surface area is 112 Å². The van der Waals surface area contributed by atoms with E-state index >= 15 is 0 Å². The lowest BCUT2D eigenvalue weighted by atomic mass is 9.92. The summed E-state index contributed by atoms with van der Waals surface area (Å²) in [5, 5.41) is 15.0. The molecule has 0 aromatic carbocycles. The fraction of sp³-hybridized carbons (Fsp3) is 0.750. The molecule has 0 N–H and O–H groups in total. The molecule has 22 heavy (non-hydrogen) atoms. The molecule has 0 atom stereocenters. The fourth-order valence-electron chi connectivity index (χ4n) is 0.929. The molecule has 0 spiro atoms. The second-order valence-electron chi connectivity index (χ2n) is 3.67. The van der Waals surface area contributed by atoms with Crippen LogP contribution in [-0.4, -0.2) is 35.5 Å². The summed E-state index contributed by atoms with van der Waals surface area (Å²) in [6.45, 7) is 0. The molecule has 0 saturated carbocycles. The standard InChI is InChI=1S/C8F12N2/c9-3(10,1-21)5(13,14)7(17,18)8(19,20)6(15,16)4(11,12)2-22. The van der Waals surface area contributed by atoms with Gasteiger partial charge in [-0.15, -0.1) is 0 Å². The quantitative estimate of drug-likeness (QED) is 0.706. The van der Waals surface area contributed by atoms with Crippen LogP contribution in [0.4, 0.5) is 52.7 Å². The van der Waals surface area contributed by atoms with Crippen molar-refractivity contribution in [2.45, 2.75) is 35.5 Å². The molecule has 0 amide bonds. The highest BCUT2D eigenvalue weighted by Crippen LogP contribution is 2.59. The Balaban J connectivity index is 6.34. The van der Waals surface area contributed by atoms with Gasteiger partial charge in [-0.3, -0.25) is 0 Å². The summed E-state index contributed by atoms with van der Waals surface area (Å²) >= 11 is 0. The average molecular weight is 352 g/mol. The number of hydrogen-bond donors (Lipinski definition) is 0. The van der Waals surface area contributed by atoms with Gasteiger partial charge < -0.3 is 0 Å². The van der Waals surface area contributed by atoms with E-state index < -0.39 is 47.7 Å². The zero-order valence-corrected chi connectivity index (χ0v) is 9.43. The lowest BCUT2D eigenvalue weighted by molar-refractivity contribution is -0.413. The van der Waals surface area contributed by atoms with E-state index in [2.05, 4.69) is 0 Å². The van der Waals surface area contributed by atoms with Gasteiger partial charge >= 0.3 is 35.5 Å². The van der Waals surface area contributed by atoms with Crippen molar-refractivity contribution in [3.05, 3.63) is 0 Å². The van der Waals surface area contributed by atoms with Crippen LogP contribution in [0, 0.1) is 22.7 Å². The van der Waals surface area contributed by atoms with Crippen molar-refractivity contribution in [3.63, 3.8) is 0 Å². The van der Waals surface area contributed by atoms with E-state index in [0.717, 1.165) is 0 Å². The Morgan fingerprint density at radius 2 is 0.591 bits per heavy atom. The topological polar surface area (TPSA) is 47.6 Å². The van der Waals surface area contributed by atoms with Gasteiger partial charge in [0.2, 0.25) is 0 Å². The number of hydrogen-bond acceptors (Lipinski definition) is 2. The third-order valence-corrected chi connectivity index (χ3v) is 2.25. The predicted molar refractivity (Wildman–Crippen MR) is 40.9 cm³/mol. The molecule has 0 aromatic heterocycles. The first-order valence-electron chi connectivity index (χ1n) is 4.47. The van der Waals surface area contributed by atoms with Crippen LogP contribution in [0.3, 0.4) is 0 Å². The minimum Gasteiger partial charge on any atom is -0.192 e. The van der Waals surface area contributed by atoms with Crippen molar-refractivity contribution < 1.29 is 52.7 Å². The number of nitriles is 2. The van der Waals surface area contributed by atoms with Crippen LogP contribution in [0.25, 0.3) is 0 Å². The molecule has 2 nitrogen and oxygen atoms in total. The summed E-state index contributed by atoms with van der Waals surface area (Å²) in [4.78, 5) is 0. The maximum atomic E-state index is 12.8. The highest BCUT2D eigenvalue weighted by Gasteiger charge is 2.90. The van der Waals surface area contributed by atoms with Crippen LogP contribution in [0.2, 0.25) is 0 Å². The molecule has 126 valence electrons. The van der Waals surface area contributed by atoms with E-state index in [0.29, 0.717) is 0 Å². The SMILES string of the molecule is N#CC(F)(F)C(F)(F)C(F)(F)C(F)(F)C(F)(F)C(F)(F)C#N. The Morgan fingerprint density at radius 3 is 0.727 bits per heavy atom. The van der Waals surface area contributed by atoms with Crippen molar-refractivity contribution in [3.8, 4) is 12.1 Å². The third kappa shape index (κ3) is 2.21. The van der Waals surface area contributed by atoms with Gasteiger partial charge in [0.1, 0.15) is 12.1 Å². The fourth-order valence-corrected chi connectivity index (χ4v) is 0.929. The minimum absolute atomic E-state index is 0.830. The first-order valence-corrected chi connectivity index (χ1v) is 4.47. The zero-order chi connectivity index (χ0) is 18.4. The Kier molecular flexibility index (Phi) is 4.41. The Bertz CT molecular complexity index is 474. The van der Waals surface area contributed by atoms with Crippen molar-refractivity contribution in [2.24, 2.45) is 0 Å². The monoisotopic (exact) mass is 352 g/mol. The maximum Gasteiger partial charge on any atom is 0.400 e. The molecule has 0 unspecified atom stereocenters. The van der Waals surface area contributed by atoms with Crippen LogP contribution in [0.5, 0.6) is 0 Å². The van der Waals surface area contributed by atoms with Gasteiger partial charge in [-0.05, 0) is 0 Å². The lowest BCUT2D eigenvalue weighted by Crippen LogP contribution is -2.70. The molecule has 0 aliphatic heterocycles. The number of halogens is 12. The van der Waals surface area contributed by atoms with Crippen molar-refractivity contribution in [1.29, 1.82) is 10.5 Å². The molecule has 0 fully saturated rings. The number of nitrogens with zero attached hydrogens (tertiary/aromatic N) is 2. The summed E-state index contributed by atoms with van der Waals surface area (Å²) < 4.78 is 151. The van der Waals surface area contributed by atoms with Crippen LogP contribution >= 0.6 is 0 Å². The van der Waals surface area contributed by atoms with Gasteiger partial charge in [0.15, 0.2) is 0 Å². The first-order chi connectivity index (χ1) is 9.37. The molecular formula is C8F12N2. The summed E-state index contributed by atoms with van der Waals surface area (Å²) in [5.74, 6) is -43.7. The summed E-state index contributed by atoms with van der Waals surface area (Å²) in [7, 11) is 0. The summed E-state index contributed by atoms with van der Waals surface area (Å²) in [6.07, 6.45) is 0. The maximum absolute atomic E-state index is 12.8. The van der Waals surface area contributed by atoms with E-state index in [-0.39, 0.29) is 0 Å². The van der Waals surface area contributed by atoms with Crippen LogP contribution in [0.15, 0.2) is 0 Å². The van der Waals surface area contributed by atoms with Crippen LogP contribution < -0.4 is 0 Å². The first kappa shape index (κ1) is 20.1. The zero-order valence-electron chi connectivity index (χ0n) is 9.43. The van der Waals surface area contributed by atoms with Gasteiger partial charge in [0.05, 0.1) is 0 Å². The summed E-state index contributed by atoms with van der Waals surface area (Å²) in [5.41, 5.74) is 0.